The Morgan fingerprint density at radius 2 is 1.96 bits per heavy atom. The number of thioether (sulfide) groups is 1. The van der Waals surface area contributed by atoms with Gasteiger partial charge in [0.1, 0.15) is 5.82 Å². The average molecular weight is 370 g/mol. The zero-order chi connectivity index (χ0) is 16.9. The number of benzene rings is 1. The number of hydrogen-bond acceptors (Lipinski definition) is 3. The lowest BCUT2D eigenvalue weighted by molar-refractivity contribution is 0.663. The van der Waals surface area contributed by atoms with Crippen molar-refractivity contribution in [1.29, 1.82) is 0 Å². The second-order valence-electron chi connectivity index (χ2n) is 6.73. The van der Waals surface area contributed by atoms with Crippen molar-refractivity contribution < 1.29 is 0 Å². The van der Waals surface area contributed by atoms with Gasteiger partial charge < -0.3 is 4.90 Å². The molecule has 0 spiro atoms. The van der Waals surface area contributed by atoms with E-state index in [0.717, 1.165) is 23.6 Å². The highest BCUT2D eigenvalue weighted by molar-refractivity contribution is 8.01. The molecule has 0 bridgehead atoms. The highest BCUT2D eigenvalue weighted by atomic mass is 35.5. The van der Waals surface area contributed by atoms with Crippen LogP contribution in [0.25, 0.3) is 0 Å². The number of aryl methyl sites for hydroxylation is 2. The van der Waals surface area contributed by atoms with Crippen LogP contribution in [0.15, 0.2) is 18.2 Å². The first-order chi connectivity index (χ1) is 10.7. The van der Waals surface area contributed by atoms with Crippen molar-refractivity contribution in [3.8, 4) is 0 Å². The molecule has 23 heavy (non-hydrogen) atoms. The molecule has 1 aromatic heterocycles. The van der Waals surface area contributed by atoms with E-state index >= 15 is 0 Å². The van der Waals surface area contributed by atoms with E-state index in [1.807, 2.05) is 41.7 Å². The van der Waals surface area contributed by atoms with E-state index in [-0.39, 0.29) is 10.00 Å². The predicted octanol–water partition coefficient (Wildman–Crippen LogP) is 5.09. The fourth-order valence-corrected chi connectivity index (χ4v) is 5.63. The van der Waals surface area contributed by atoms with Gasteiger partial charge in [-0.3, -0.25) is 4.68 Å². The van der Waals surface area contributed by atoms with Gasteiger partial charge in [-0.1, -0.05) is 29.3 Å². The van der Waals surface area contributed by atoms with E-state index in [1.165, 1.54) is 5.56 Å². The van der Waals surface area contributed by atoms with Gasteiger partial charge in [0.25, 0.3) is 0 Å². The third-order valence-electron chi connectivity index (χ3n) is 4.16. The van der Waals surface area contributed by atoms with E-state index < -0.39 is 0 Å². The van der Waals surface area contributed by atoms with Crippen molar-refractivity contribution in [3.05, 3.63) is 45.1 Å². The zero-order valence-corrected chi connectivity index (χ0v) is 16.4. The van der Waals surface area contributed by atoms with Crippen molar-refractivity contribution in [1.82, 2.24) is 9.78 Å². The minimum absolute atomic E-state index is 0.0911. The number of fused-ring (bicyclic) bond motifs is 1. The predicted molar refractivity (Wildman–Crippen MR) is 101 cm³/mol. The van der Waals surface area contributed by atoms with Crippen LogP contribution in [0.3, 0.4) is 0 Å². The van der Waals surface area contributed by atoms with E-state index in [9.17, 15) is 0 Å². The van der Waals surface area contributed by atoms with Gasteiger partial charge in [-0.05, 0) is 38.5 Å². The molecule has 0 amide bonds. The first-order valence-corrected chi connectivity index (χ1v) is 9.20. The van der Waals surface area contributed by atoms with E-state index in [0.29, 0.717) is 10.0 Å². The van der Waals surface area contributed by atoms with Crippen molar-refractivity contribution in [2.24, 2.45) is 7.05 Å². The quantitative estimate of drug-likeness (QED) is 0.698. The fourth-order valence-electron chi connectivity index (χ4n) is 3.42. The maximum absolute atomic E-state index is 6.53. The SMILES string of the molecule is Cc1nn(C)c2c1C(c1ccc(Cl)cc1Cl)SC(C)(C)CN2C. The van der Waals surface area contributed by atoms with E-state index in [1.54, 1.807) is 0 Å². The van der Waals surface area contributed by atoms with Gasteiger partial charge in [0.15, 0.2) is 0 Å². The standard InChI is InChI=1S/C17H21Cl2N3S/c1-10-14-15(12-7-6-11(18)8-13(12)19)23-17(2,3)9-21(4)16(14)22(5)20-10/h6-8,15H,9H2,1-5H3. The molecule has 0 saturated heterocycles. The number of anilines is 1. The normalized spacial score (nSPS) is 20.3. The van der Waals surface area contributed by atoms with Crippen LogP contribution >= 0.6 is 35.0 Å². The van der Waals surface area contributed by atoms with Gasteiger partial charge in [-0.2, -0.15) is 5.10 Å². The Balaban J connectivity index is 2.23. The highest BCUT2D eigenvalue weighted by Crippen LogP contribution is 2.51. The first-order valence-electron chi connectivity index (χ1n) is 7.57. The fraction of sp³-hybridized carbons (Fsp3) is 0.471. The van der Waals surface area contributed by atoms with Crippen LogP contribution < -0.4 is 4.90 Å². The Labute approximate surface area is 151 Å². The Morgan fingerprint density at radius 3 is 2.61 bits per heavy atom. The molecule has 1 aliphatic rings. The zero-order valence-electron chi connectivity index (χ0n) is 14.0. The van der Waals surface area contributed by atoms with Gasteiger partial charge in [0.05, 0.1) is 10.9 Å². The molecule has 0 aliphatic carbocycles. The molecule has 1 unspecified atom stereocenters. The van der Waals surface area contributed by atoms with Crippen LogP contribution in [-0.2, 0) is 7.05 Å². The molecule has 1 aliphatic heterocycles. The van der Waals surface area contributed by atoms with Gasteiger partial charge in [-0.25, -0.2) is 0 Å². The van der Waals surface area contributed by atoms with Crippen LogP contribution in [0, 0.1) is 6.92 Å². The Kier molecular flexibility index (Phi) is 4.36. The molecule has 1 aromatic carbocycles. The van der Waals surface area contributed by atoms with Crippen molar-refractivity contribution >= 4 is 40.8 Å². The number of hydrogen-bond donors (Lipinski definition) is 0. The second kappa shape index (κ2) is 5.91. The van der Waals surface area contributed by atoms with Crippen LogP contribution in [-0.4, -0.2) is 28.1 Å². The van der Waals surface area contributed by atoms with E-state index in [4.69, 9.17) is 23.2 Å². The van der Waals surface area contributed by atoms with Crippen molar-refractivity contribution in [3.63, 3.8) is 0 Å². The Hall–Kier alpha value is -0.840. The van der Waals surface area contributed by atoms with Crippen molar-refractivity contribution in [2.75, 3.05) is 18.5 Å². The lowest BCUT2D eigenvalue weighted by Gasteiger charge is -2.29. The van der Waals surface area contributed by atoms with Crippen LogP contribution in [0.5, 0.6) is 0 Å². The molecule has 124 valence electrons. The Bertz CT molecular complexity index is 755. The number of nitrogens with zero attached hydrogens (tertiary/aromatic N) is 3. The summed E-state index contributed by atoms with van der Waals surface area (Å²) in [5.41, 5.74) is 3.40. The third-order valence-corrected chi connectivity index (χ3v) is 6.22. The highest BCUT2D eigenvalue weighted by Gasteiger charge is 2.37. The van der Waals surface area contributed by atoms with Gasteiger partial charge in [0.2, 0.25) is 0 Å². The molecular weight excluding hydrogens is 349 g/mol. The molecule has 0 N–H and O–H groups in total. The molecule has 2 heterocycles. The monoisotopic (exact) mass is 369 g/mol. The molecule has 1 atom stereocenters. The third kappa shape index (κ3) is 3.09. The summed E-state index contributed by atoms with van der Waals surface area (Å²) in [5, 5.41) is 6.17. The summed E-state index contributed by atoms with van der Waals surface area (Å²) in [6.07, 6.45) is 0. The van der Waals surface area contributed by atoms with Crippen LogP contribution in [0.1, 0.15) is 35.9 Å². The number of halogens is 2. The summed E-state index contributed by atoms with van der Waals surface area (Å²) in [7, 11) is 4.14. The maximum atomic E-state index is 6.53. The van der Waals surface area contributed by atoms with Gasteiger partial charge >= 0.3 is 0 Å². The van der Waals surface area contributed by atoms with Gasteiger partial charge in [-0.15, -0.1) is 11.8 Å². The molecule has 2 aromatic rings. The van der Waals surface area contributed by atoms with Crippen molar-refractivity contribution in [2.45, 2.75) is 30.8 Å². The second-order valence-corrected chi connectivity index (χ2v) is 9.38. The van der Waals surface area contributed by atoms with Crippen LogP contribution in [0.2, 0.25) is 10.0 Å². The summed E-state index contributed by atoms with van der Waals surface area (Å²) in [6, 6.07) is 5.78. The lowest BCUT2D eigenvalue weighted by atomic mass is 10.0. The molecule has 0 radical (unpaired) electrons. The summed E-state index contributed by atoms with van der Waals surface area (Å²) in [4.78, 5) is 2.30. The topological polar surface area (TPSA) is 21.1 Å². The molecular formula is C17H21Cl2N3S. The average Bonchev–Trinajstić information content (AvgIpc) is 2.64. The molecule has 3 rings (SSSR count). The minimum atomic E-state index is 0.0911. The van der Waals surface area contributed by atoms with Crippen LogP contribution in [0.4, 0.5) is 5.82 Å². The molecule has 0 fully saturated rings. The first kappa shape index (κ1) is 17.0. The molecule has 3 nitrogen and oxygen atoms in total. The largest absolute Gasteiger partial charge is 0.358 e. The molecule has 6 heteroatoms. The Morgan fingerprint density at radius 1 is 1.26 bits per heavy atom. The number of aromatic nitrogens is 2. The maximum Gasteiger partial charge on any atom is 0.131 e. The minimum Gasteiger partial charge on any atom is -0.358 e. The smallest absolute Gasteiger partial charge is 0.131 e. The van der Waals surface area contributed by atoms with E-state index in [2.05, 4.69) is 37.8 Å². The summed E-state index contributed by atoms with van der Waals surface area (Å²) in [6.45, 7) is 7.58. The number of rotatable bonds is 1. The van der Waals surface area contributed by atoms with Gasteiger partial charge in [0, 0.05) is 41.0 Å². The molecule has 0 saturated carbocycles. The summed E-state index contributed by atoms with van der Waals surface area (Å²) >= 11 is 14.6. The summed E-state index contributed by atoms with van der Waals surface area (Å²) in [5.74, 6) is 1.16. The summed E-state index contributed by atoms with van der Waals surface area (Å²) < 4.78 is 2.07. The lowest BCUT2D eigenvalue weighted by Crippen LogP contribution is -2.33.